The van der Waals surface area contributed by atoms with Gasteiger partial charge < -0.3 is 16.4 Å². The summed E-state index contributed by atoms with van der Waals surface area (Å²) in [6.45, 7) is 2.54. The van der Waals surface area contributed by atoms with E-state index in [1.807, 2.05) is 31.2 Å². The number of nitrogens with one attached hydrogen (secondary N) is 3. The van der Waals surface area contributed by atoms with Crippen LogP contribution in [0.3, 0.4) is 0 Å². The molecule has 250 valence electrons. The monoisotopic (exact) mass is 680 g/mol. The molecular weight excluding hydrogens is 640 g/mol. The average molecular weight is 681 g/mol. The Balaban J connectivity index is 0.00000500. The SMILES string of the molecule is Cc1ccc(S(=O)(=O)N(C)C)cc1-c1cccc(C[C@H](NC(=O)C2CCC(CN)CC2)C(=O)Nc2ccc(-c3nn[nH]n3)cc2)c1.Cl. The maximum atomic E-state index is 13.7. The molecule has 0 bridgehead atoms. The van der Waals surface area contributed by atoms with Gasteiger partial charge in [0, 0.05) is 37.7 Å². The summed E-state index contributed by atoms with van der Waals surface area (Å²) in [7, 11) is -0.623. The lowest BCUT2D eigenvalue weighted by atomic mass is 9.81. The van der Waals surface area contributed by atoms with E-state index in [1.165, 1.54) is 18.4 Å². The van der Waals surface area contributed by atoms with Crippen LogP contribution in [-0.4, -0.2) is 71.8 Å². The molecule has 1 atom stereocenters. The molecule has 1 saturated carbocycles. The molecule has 3 aromatic carbocycles. The lowest BCUT2D eigenvalue weighted by Crippen LogP contribution is -2.48. The van der Waals surface area contributed by atoms with Crippen LogP contribution in [0.25, 0.3) is 22.5 Å². The summed E-state index contributed by atoms with van der Waals surface area (Å²) in [4.78, 5) is 27.4. The first-order valence-electron chi connectivity index (χ1n) is 15.3. The predicted molar refractivity (Wildman–Crippen MR) is 183 cm³/mol. The van der Waals surface area contributed by atoms with Gasteiger partial charge in [0.05, 0.1) is 4.90 Å². The van der Waals surface area contributed by atoms with Crippen molar-refractivity contribution in [3.05, 3.63) is 77.9 Å². The topological polar surface area (TPSA) is 176 Å². The summed E-state index contributed by atoms with van der Waals surface area (Å²) < 4.78 is 26.9. The zero-order valence-corrected chi connectivity index (χ0v) is 28.3. The van der Waals surface area contributed by atoms with Crippen molar-refractivity contribution in [1.29, 1.82) is 0 Å². The van der Waals surface area contributed by atoms with Crippen LogP contribution in [0.1, 0.15) is 36.8 Å². The quantitative estimate of drug-likeness (QED) is 0.184. The summed E-state index contributed by atoms with van der Waals surface area (Å²) in [5.41, 5.74) is 10.5. The van der Waals surface area contributed by atoms with E-state index < -0.39 is 16.1 Å². The van der Waals surface area contributed by atoms with Crippen molar-refractivity contribution in [2.24, 2.45) is 17.6 Å². The van der Waals surface area contributed by atoms with Gasteiger partial charge in [0.1, 0.15) is 6.04 Å². The molecule has 0 saturated heterocycles. The Morgan fingerprint density at radius 3 is 2.36 bits per heavy atom. The molecule has 1 aliphatic carbocycles. The number of tetrazole rings is 1. The zero-order chi connectivity index (χ0) is 32.8. The van der Waals surface area contributed by atoms with Gasteiger partial charge in [-0.15, -0.1) is 22.6 Å². The van der Waals surface area contributed by atoms with Crippen molar-refractivity contribution in [3.8, 4) is 22.5 Å². The van der Waals surface area contributed by atoms with Crippen LogP contribution < -0.4 is 16.4 Å². The van der Waals surface area contributed by atoms with Crippen molar-refractivity contribution < 1.29 is 18.0 Å². The molecule has 14 heteroatoms. The van der Waals surface area contributed by atoms with Gasteiger partial charge in [-0.1, -0.05) is 30.3 Å². The number of nitrogens with two attached hydrogens (primary N) is 1. The first-order valence-corrected chi connectivity index (χ1v) is 16.8. The molecule has 12 nitrogen and oxygen atoms in total. The van der Waals surface area contributed by atoms with E-state index in [2.05, 4.69) is 31.3 Å². The number of sulfonamides is 1. The molecule has 5 N–H and O–H groups in total. The fraction of sp³-hybridized carbons (Fsp3) is 0.364. The Bertz CT molecular complexity index is 1770. The molecule has 0 unspecified atom stereocenters. The zero-order valence-electron chi connectivity index (χ0n) is 26.6. The van der Waals surface area contributed by atoms with Crippen LogP contribution in [-0.2, 0) is 26.0 Å². The lowest BCUT2D eigenvalue weighted by Gasteiger charge is -2.28. The van der Waals surface area contributed by atoms with Crippen molar-refractivity contribution in [2.45, 2.75) is 50.0 Å². The first-order chi connectivity index (χ1) is 22.0. The third-order valence-corrected chi connectivity index (χ3v) is 10.4. The van der Waals surface area contributed by atoms with Crippen molar-refractivity contribution in [2.75, 3.05) is 26.0 Å². The van der Waals surface area contributed by atoms with Gasteiger partial charge in [-0.2, -0.15) is 5.21 Å². The summed E-state index contributed by atoms with van der Waals surface area (Å²) in [5.74, 6) is 0.194. The smallest absolute Gasteiger partial charge is 0.247 e. The second-order valence-corrected chi connectivity index (χ2v) is 14.1. The third-order valence-electron chi connectivity index (χ3n) is 8.61. The highest BCUT2D eigenvalue weighted by Crippen LogP contribution is 2.30. The minimum atomic E-state index is -3.63. The number of aryl methyl sites for hydroxylation is 1. The van der Waals surface area contributed by atoms with Crippen LogP contribution in [0.5, 0.6) is 0 Å². The largest absolute Gasteiger partial charge is 0.344 e. The number of anilines is 1. The highest BCUT2D eigenvalue weighted by molar-refractivity contribution is 7.89. The normalized spacial score (nSPS) is 17.0. The maximum Gasteiger partial charge on any atom is 0.247 e. The number of H-pyrrole nitrogens is 1. The van der Waals surface area contributed by atoms with E-state index in [4.69, 9.17) is 5.73 Å². The van der Waals surface area contributed by atoms with Gasteiger partial charge in [0.2, 0.25) is 27.7 Å². The van der Waals surface area contributed by atoms with Crippen LogP contribution in [0.2, 0.25) is 0 Å². The number of hydrogen-bond donors (Lipinski definition) is 4. The van der Waals surface area contributed by atoms with Crippen molar-refractivity contribution >= 4 is 39.9 Å². The van der Waals surface area contributed by atoms with Gasteiger partial charge in [-0.3, -0.25) is 9.59 Å². The minimum Gasteiger partial charge on any atom is -0.344 e. The van der Waals surface area contributed by atoms with Crippen LogP contribution in [0, 0.1) is 18.8 Å². The molecular formula is C33H41ClN8O4S. The second kappa shape index (κ2) is 15.6. The maximum absolute atomic E-state index is 13.7. The molecule has 1 aromatic heterocycles. The number of nitrogens with zero attached hydrogens (tertiary/aromatic N) is 4. The number of benzene rings is 3. The minimum absolute atomic E-state index is 0. The van der Waals surface area contributed by atoms with Gasteiger partial charge in [-0.25, -0.2) is 12.7 Å². The molecule has 47 heavy (non-hydrogen) atoms. The number of hydrogen-bond acceptors (Lipinski definition) is 8. The van der Waals surface area contributed by atoms with Gasteiger partial charge >= 0.3 is 0 Å². The van der Waals surface area contributed by atoms with E-state index in [1.54, 1.807) is 42.5 Å². The van der Waals surface area contributed by atoms with Crippen LogP contribution in [0.4, 0.5) is 5.69 Å². The Morgan fingerprint density at radius 2 is 1.72 bits per heavy atom. The number of aromatic amines is 1. The number of carbonyl (C=O) groups is 2. The highest BCUT2D eigenvalue weighted by atomic mass is 35.5. The molecule has 1 aliphatic rings. The molecule has 2 amide bonds. The Hall–Kier alpha value is -4.17. The van der Waals surface area contributed by atoms with E-state index in [0.29, 0.717) is 24.0 Å². The standard InChI is InChI=1S/C33H40N8O4S.ClH/c1-21-7-16-28(46(44,45)41(2)3)19-29(21)26-6-4-5-23(17-26)18-30(36-32(42)25-10-8-22(20-34)9-11-25)33(43)35-27-14-12-24(13-15-27)31-37-39-40-38-31;/h4-7,12-17,19,22,25,30H,8-11,18,20,34H2,1-3H3,(H,35,43)(H,36,42)(H,37,38,39,40);1H/t22?,25?,30-;/m0./s1. The van der Waals surface area contributed by atoms with Crippen LogP contribution >= 0.6 is 12.4 Å². The van der Waals surface area contributed by atoms with Gasteiger partial charge in [0.15, 0.2) is 0 Å². The van der Waals surface area contributed by atoms with Crippen molar-refractivity contribution in [3.63, 3.8) is 0 Å². The number of amides is 2. The number of carbonyl (C=O) groups excluding carboxylic acids is 2. The Morgan fingerprint density at radius 1 is 1.00 bits per heavy atom. The summed E-state index contributed by atoms with van der Waals surface area (Å²) in [6.07, 6.45) is 3.49. The number of rotatable bonds is 11. The molecule has 0 aliphatic heterocycles. The third kappa shape index (κ3) is 8.60. The van der Waals surface area contributed by atoms with Gasteiger partial charge in [0.25, 0.3) is 0 Å². The first kappa shape index (κ1) is 35.7. The Kier molecular flexibility index (Phi) is 11.9. The van der Waals surface area contributed by atoms with Gasteiger partial charge in [-0.05, 0) is 109 Å². The molecule has 5 rings (SSSR count). The summed E-state index contributed by atoms with van der Waals surface area (Å²) in [5, 5.41) is 19.9. The highest BCUT2D eigenvalue weighted by Gasteiger charge is 2.29. The summed E-state index contributed by atoms with van der Waals surface area (Å²) >= 11 is 0. The molecule has 1 heterocycles. The van der Waals surface area contributed by atoms with Crippen LogP contribution in [0.15, 0.2) is 71.6 Å². The second-order valence-electron chi connectivity index (χ2n) is 12.0. The molecule has 4 aromatic rings. The average Bonchev–Trinajstić information content (AvgIpc) is 3.60. The molecule has 1 fully saturated rings. The van der Waals surface area contributed by atoms with E-state index in [9.17, 15) is 18.0 Å². The van der Waals surface area contributed by atoms with Crippen molar-refractivity contribution in [1.82, 2.24) is 30.2 Å². The number of aromatic nitrogens is 4. The van der Waals surface area contributed by atoms with E-state index in [0.717, 1.165) is 53.5 Å². The lowest BCUT2D eigenvalue weighted by molar-refractivity contribution is -0.130. The van der Waals surface area contributed by atoms with E-state index in [-0.39, 0.29) is 41.5 Å². The Labute approximate surface area is 281 Å². The predicted octanol–water partition coefficient (Wildman–Crippen LogP) is 3.95. The molecule has 0 radical (unpaired) electrons. The summed E-state index contributed by atoms with van der Waals surface area (Å²) in [6, 6.07) is 18.9. The number of halogens is 1. The molecule has 0 spiro atoms. The van der Waals surface area contributed by atoms with E-state index >= 15 is 0 Å². The fourth-order valence-electron chi connectivity index (χ4n) is 5.76. The fourth-order valence-corrected chi connectivity index (χ4v) is 6.69.